The number of aliphatic carboxylic acids is 1. The van der Waals surface area contributed by atoms with Crippen LogP contribution in [0.15, 0.2) is 34.3 Å². The van der Waals surface area contributed by atoms with Gasteiger partial charge in [0.1, 0.15) is 84.3 Å². The number of aliphatic hydroxyl groups excluding tert-OH is 1. The van der Waals surface area contributed by atoms with Crippen LogP contribution >= 0.6 is 11.8 Å². The standard InChI is InChI=1S/C76H135N25O19S/c1-40(2)35-53(96-62(107)46(80)17-15-32-87-75(83)84)69(114)92-50(21-16-33-88-76(85)86)66(111)90-47(18-9-12-29-77)64(109)93-51(26-27-58(81)104)68(113)94-52(28-34-121-8)63(108)89-43(7)61(106)101-60(42(5)6)73(118)95-49(20-11-14-31-79)65(110)91-48(19-10-13-30-78)67(112)98-55(37-44-22-24-45(103)25-23-44)71(116)97-54(36-41(3)4)70(115)99-56(38-59(82)105)72(117)100-57(39-102)74(119)120/h22-25,40-43,46-57,60,102-103H,9-21,26-39,77-80H2,1-8H3,(H2,81,104)(H2,82,105)(H,89,108)(H,90,111)(H,91,110)(H,92,114)(H,93,109)(H,94,113)(H,95,118)(H,96,107)(H,97,116)(H,98,112)(H,99,115)(H,100,117)(H,101,106)(H,119,120)(H4,83,84,87)(H4,85,86,88)/t43-,46-,47-,48-,49-,50-,51-,52-,53-,54-,55-,56-,57-,60-/m0/s1. The highest BCUT2D eigenvalue weighted by Gasteiger charge is 2.39. The summed E-state index contributed by atoms with van der Waals surface area (Å²) in [5, 5.41) is 62.5. The Hall–Kier alpha value is -10.8. The molecule has 0 saturated carbocycles. The van der Waals surface area contributed by atoms with Crippen molar-refractivity contribution in [3.8, 4) is 5.75 Å². The molecule has 684 valence electrons. The Morgan fingerprint density at radius 3 is 1.12 bits per heavy atom. The summed E-state index contributed by atoms with van der Waals surface area (Å²) in [7, 11) is 0. The van der Waals surface area contributed by atoms with E-state index in [1.165, 1.54) is 43.0 Å². The number of nitrogens with two attached hydrogens (primary N) is 10. The molecule has 44 nitrogen and oxygen atoms in total. The first-order chi connectivity index (χ1) is 57.0. The van der Waals surface area contributed by atoms with Crippen molar-refractivity contribution >= 4 is 118 Å². The molecule has 0 radical (unpaired) electrons. The monoisotopic (exact) mass is 1730 g/mol. The van der Waals surface area contributed by atoms with Crippen molar-refractivity contribution in [2.24, 2.45) is 85.1 Å². The number of primary amides is 2. The van der Waals surface area contributed by atoms with E-state index in [0.29, 0.717) is 31.2 Å². The average Bonchev–Trinajstić information content (AvgIpc) is 0.852. The van der Waals surface area contributed by atoms with Gasteiger partial charge in [0.25, 0.3) is 0 Å². The zero-order chi connectivity index (χ0) is 91.6. The lowest BCUT2D eigenvalue weighted by atomic mass is 9.99. The SMILES string of the molecule is CSCC[C@H](NC(=O)[C@H](CCC(N)=O)NC(=O)[C@H](CCCCN)NC(=O)[C@H](CCCN=C(N)N)NC(=O)[C@H](CC(C)C)NC(=O)[C@@H](N)CCCN=C(N)N)C(=O)N[C@@H](C)C(=O)N[C@H](C(=O)N[C@@H](CCCCN)C(=O)N[C@@H](CCCCN)C(=O)N[C@@H](Cc1ccc(O)cc1)C(=O)N[C@@H](CC(C)C)C(=O)N[C@@H](CC(N)=O)C(=O)N[C@@H](CO)C(=O)O)C(C)C. The normalized spacial score (nSPS) is 14.6. The number of nitrogens with one attached hydrogen (secondary N) is 13. The Morgan fingerprint density at radius 2 is 0.736 bits per heavy atom. The molecular formula is C76H135N25O19S. The maximum absolute atomic E-state index is 14.7. The van der Waals surface area contributed by atoms with Crippen LogP contribution < -0.4 is 126 Å². The minimum atomic E-state index is -1.84. The fraction of sp³-hybridized carbons (Fsp3) is 0.684. The van der Waals surface area contributed by atoms with Crippen LogP contribution in [0, 0.1) is 17.8 Å². The van der Waals surface area contributed by atoms with E-state index in [4.69, 9.17) is 57.3 Å². The quantitative estimate of drug-likeness (QED) is 0.0164. The van der Waals surface area contributed by atoms with Crippen molar-refractivity contribution in [2.75, 3.05) is 51.3 Å². The molecule has 0 aromatic heterocycles. The largest absolute Gasteiger partial charge is 0.508 e. The van der Waals surface area contributed by atoms with E-state index >= 15 is 0 Å². The predicted molar refractivity (Wildman–Crippen MR) is 453 cm³/mol. The van der Waals surface area contributed by atoms with Crippen LogP contribution in [-0.2, 0) is 83.1 Å². The minimum absolute atomic E-state index is 0.0157. The molecule has 1 rings (SSSR count). The Bertz CT molecular complexity index is 3570. The van der Waals surface area contributed by atoms with Gasteiger partial charge in [-0.25, -0.2) is 4.79 Å². The number of hydrogen-bond acceptors (Lipinski definition) is 25. The second-order valence-corrected chi connectivity index (χ2v) is 31.6. The molecule has 0 unspecified atom stereocenters. The van der Waals surface area contributed by atoms with Crippen molar-refractivity contribution in [3.05, 3.63) is 29.8 Å². The lowest BCUT2D eigenvalue weighted by Crippen LogP contribution is -2.61. The third-order valence-corrected chi connectivity index (χ3v) is 19.3. The Morgan fingerprint density at radius 1 is 0.388 bits per heavy atom. The Labute approximate surface area is 709 Å². The molecule has 0 aliphatic carbocycles. The van der Waals surface area contributed by atoms with E-state index < -0.39 is 211 Å². The van der Waals surface area contributed by atoms with Gasteiger partial charge in [-0.1, -0.05) is 53.7 Å². The van der Waals surface area contributed by atoms with Gasteiger partial charge in [-0.15, -0.1) is 0 Å². The van der Waals surface area contributed by atoms with Crippen LogP contribution in [0.3, 0.4) is 0 Å². The predicted octanol–water partition coefficient (Wildman–Crippen LogP) is -7.20. The number of thioether (sulfide) groups is 1. The lowest BCUT2D eigenvalue weighted by molar-refractivity contribution is -0.143. The van der Waals surface area contributed by atoms with E-state index in [9.17, 15) is 92.0 Å². The first-order valence-electron chi connectivity index (χ1n) is 40.6. The molecule has 0 saturated heterocycles. The summed E-state index contributed by atoms with van der Waals surface area (Å²) >= 11 is 1.29. The molecule has 0 spiro atoms. The average molecular weight is 1740 g/mol. The smallest absolute Gasteiger partial charge is 0.328 e. The third-order valence-electron chi connectivity index (χ3n) is 18.7. The number of phenolic OH excluding ortho intramolecular Hbond substituents is 1. The summed E-state index contributed by atoms with van der Waals surface area (Å²) in [6, 6.07) is -15.0. The van der Waals surface area contributed by atoms with Crippen molar-refractivity contribution in [2.45, 2.75) is 261 Å². The first kappa shape index (κ1) is 108. The van der Waals surface area contributed by atoms with Gasteiger partial charge in [-0.2, -0.15) is 11.8 Å². The summed E-state index contributed by atoms with van der Waals surface area (Å²) in [5.41, 5.74) is 57.0. The number of unbranched alkanes of at least 4 members (excludes halogenated alkanes) is 3. The highest BCUT2D eigenvalue weighted by Crippen LogP contribution is 2.17. The number of hydrogen-bond donors (Lipinski definition) is 26. The minimum Gasteiger partial charge on any atom is -0.508 e. The van der Waals surface area contributed by atoms with E-state index in [1.807, 2.05) is 5.32 Å². The van der Waals surface area contributed by atoms with Crippen molar-refractivity contribution < 1.29 is 92.0 Å². The molecule has 0 aliphatic heterocycles. The molecular weight excluding hydrogens is 1600 g/mol. The number of aliphatic hydroxyl groups is 1. The van der Waals surface area contributed by atoms with Gasteiger partial charge in [0.2, 0.25) is 88.6 Å². The van der Waals surface area contributed by atoms with Crippen molar-refractivity contribution in [1.29, 1.82) is 0 Å². The summed E-state index contributed by atoms with van der Waals surface area (Å²) in [5.74, 6) is -17.1. The van der Waals surface area contributed by atoms with Gasteiger partial charge >= 0.3 is 5.97 Å². The van der Waals surface area contributed by atoms with Crippen LogP contribution in [0.4, 0.5) is 0 Å². The van der Waals surface area contributed by atoms with E-state index in [-0.39, 0.29) is 151 Å². The molecule has 1 aromatic rings. The highest BCUT2D eigenvalue weighted by molar-refractivity contribution is 7.98. The second-order valence-electron chi connectivity index (χ2n) is 30.6. The Balaban J connectivity index is 3.71. The molecule has 0 heterocycles. The van der Waals surface area contributed by atoms with Gasteiger partial charge in [0, 0.05) is 25.9 Å². The number of guanidine groups is 2. The Kier molecular flexibility index (Phi) is 52.8. The fourth-order valence-corrected chi connectivity index (χ4v) is 12.5. The number of phenols is 1. The zero-order valence-corrected chi connectivity index (χ0v) is 71.5. The van der Waals surface area contributed by atoms with E-state index in [0.717, 1.165) is 0 Å². The number of amides is 15. The zero-order valence-electron chi connectivity index (χ0n) is 70.7. The molecule has 0 aliphatic rings. The number of aliphatic imine (C=N–C) groups is 2. The maximum Gasteiger partial charge on any atom is 0.328 e. The molecule has 14 atom stereocenters. The molecule has 45 heteroatoms. The lowest BCUT2D eigenvalue weighted by Gasteiger charge is -2.29. The highest BCUT2D eigenvalue weighted by atomic mass is 32.2. The number of aromatic hydroxyl groups is 1. The number of rotatable bonds is 63. The van der Waals surface area contributed by atoms with Gasteiger partial charge in [-0.05, 0) is 183 Å². The number of benzene rings is 1. The van der Waals surface area contributed by atoms with Gasteiger partial charge in [-0.3, -0.25) is 81.9 Å². The number of carboxylic acids is 1. The van der Waals surface area contributed by atoms with Crippen LogP contribution in [0.2, 0.25) is 0 Å². The van der Waals surface area contributed by atoms with Crippen LogP contribution in [0.25, 0.3) is 0 Å². The molecule has 121 heavy (non-hydrogen) atoms. The van der Waals surface area contributed by atoms with Crippen LogP contribution in [0.1, 0.15) is 176 Å². The molecule has 15 amide bonds. The van der Waals surface area contributed by atoms with Crippen molar-refractivity contribution in [3.63, 3.8) is 0 Å². The molecule has 0 fully saturated rings. The van der Waals surface area contributed by atoms with Gasteiger partial charge in [0.15, 0.2) is 11.9 Å². The maximum atomic E-state index is 14.7. The number of carboxylic acid groups (broad SMARTS) is 1. The number of carbonyl (C=O) groups excluding carboxylic acids is 15. The second kappa shape index (κ2) is 59.0. The first-order valence-corrected chi connectivity index (χ1v) is 42.0. The molecule has 0 bridgehead atoms. The van der Waals surface area contributed by atoms with Gasteiger partial charge in [0.05, 0.1) is 19.1 Å². The van der Waals surface area contributed by atoms with Gasteiger partial charge < -0.3 is 142 Å². The summed E-state index contributed by atoms with van der Waals surface area (Å²) in [6.45, 7) is 11.1. The van der Waals surface area contributed by atoms with E-state index in [2.05, 4.69) is 73.8 Å². The topological polar surface area (TPSA) is 775 Å². The third kappa shape index (κ3) is 44.9. The van der Waals surface area contributed by atoms with Crippen LogP contribution in [-0.4, -0.2) is 258 Å². The summed E-state index contributed by atoms with van der Waals surface area (Å²) < 4.78 is 0. The molecule has 1 aromatic carbocycles. The van der Waals surface area contributed by atoms with Crippen molar-refractivity contribution in [1.82, 2.24) is 69.1 Å². The summed E-state index contributed by atoms with van der Waals surface area (Å²) in [4.78, 5) is 229. The van der Waals surface area contributed by atoms with E-state index in [1.54, 1.807) is 47.8 Å². The summed E-state index contributed by atoms with van der Waals surface area (Å²) in [6.07, 6.45) is 1.77. The number of carbonyl (C=O) groups is 16. The molecule has 36 N–H and O–H groups in total. The number of nitrogens with zero attached hydrogens (tertiary/aromatic N) is 2. The fourth-order valence-electron chi connectivity index (χ4n) is 12.0. The van der Waals surface area contributed by atoms with Crippen LogP contribution in [0.5, 0.6) is 5.75 Å².